The van der Waals surface area contributed by atoms with E-state index < -0.39 is 0 Å². The second-order valence-corrected chi connectivity index (χ2v) is 10.4. The summed E-state index contributed by atoms with van der Waals surface area (Å²) in [6, 6.07) is 19.1. The van der Waals surface area contributed by atoms with Crippen LogP contribution in [0.1, 0.15) is 67.3 Å². The molecule has 0 saturated heterocycles. The van der Waals surface area contributed by atoms with E-state index in [1.54, 1.807) is 24.3 Å². The topological polar surface area (TPSA) is 83.7 Å². The number of halogens is 1. The number of benzene rings is 2. The Morgan fingerprint density at radius 2 is 1.68 bits per heavy atom. The van der Waals surface area contributed by atoms with E-state index in [9.17, 15) is 9.59 Å². The molecule has 7 heteroatoms. The molecule has 1 heterocycles. The van der Waals surface area contributed by atoms with E-state index in [2.05, 4.69) is 76.8 Å². The van der Waals surface area contributed by atoms with Gasteiger partial charge in [0.25, 0.3) is 5.91 Å². The summed E-state index contributed by atoms with van der Waals surface area (Å²) >= 11 is 3.18. The van der Waals surface area contributed by atoms with Gasteiger partial charge in [-0.05, 0) is 81.6 Å². The van der Waals surface area contributed by atoms with Crippen LogP contribution in [0.25, 0.3) is 0 Å². The van der Waals surface area contributed by atoms with Gasteiger partial charge in [0.2, 0.25) is 5.91 Å². The number of carbonyl (C=O) groups is 2. The van der Waals surface area contributed by atoms with Gasteiger partial charge in [-0.1, -0.05) is 57.2 Å². The lowest BCUT2D eigenvalue weighted by molar-refractivity contribution is -0.122. The van der Waals surface area contributed by atoms with Crippen LogP contribution in [0.5, 0.6) is 0 Å². The molecule has 2 atom stereocenters. The van der Waals surface area contributed by atoms with Crippen molar-refractivity contribution >= 4 is 39.1 Å². The summed E-state index contributed by atoms with van der Waals surface area (Å²) < 4.78 is 5.76. The maximum absolute atomic E-state index is 12.6. The molecule has 34 heavy (non-hydrogen) atoms. The average Bonchev–Trinajstić information content (AvgIpc) is 3.50. The fourth-order valence-electron chi connectivity index (χ4n) is 3.79. The zero-order valence-corrected chi connectivity index (χ0v) is 21.3. The van der Waals surface area contributed by atoms with E-state index in [0.717, 1.165) is 12.0 Å². The van der Waals surface area contributed by atoms with Gasteiger partial charge in [0.05, 0.1) is 5.71 Å². The van der Waals surface area contributed by atoms with Gasteiger partial charge in [-0.15, -0.1) is 0 Å². The highest BCUT2D eigenvalue weighted by molar-refractivity contribution is 9.10. The molecule has 0 spiro atoms. The van der Waals surface area contributed by atoms with Crippen molar-refractivity contribution in [2.75, 3.05) is 5.32 Å². The second-order valence-electron chi connectivity index (χ2n) is 9.63. The Hall–Kier alpha value is -3.19. The van der Waals surface area contributed by atoms with Crippen LogP contribution in [0, 0.1) is 5.92 Å². The van der Waals surface area contributed by atoms with Crippen molar-refractivity contribution < 1.29 is 14.0 Å². The minimum atomic E-state index is -0.330. The van der Waals surface area contributed by atoms with Gasteiger partial charge in [0, 0.05) is 11.6 Å². The number of carbonyl (C=O) groups excluding carboxylic acids is 2. The molecule has 4 rings (SSSR count). The molecular formula is C27H28BrN3O3. The summed E-state index contributed by atoms with van der Waals surface area (Å²) in [6.07, 6.45) is 0.843. The summed E-state index contributed by atoms with van der Waals surface area (Å²) in [7, 11) is 0. The molecule has 0 aliphatic heterocycles. The van der Waals surface area contributed by atoms with Crippen LogP contribution in [-0.2, 0) is 10.2 Å². The number of furan rings is 1. The lowest BCUT2D eigenvalue weighted by Crippen LogP contribution is -2.21. The third kappa shape index (κ3) is 5.65. The number of hydrogen-bond donors (Lipinski definition) is 2. The summed E-state index contributed by atoms with van der Waals surface area (Å²) in [5.41, 5.74) is 7.49. The summed E-state index contributed by atoms with van der Waals surface area (Å²) in [4.78, 5) is 24.8. The van der Waals surface area contributed by atoms with Gasteiger partial charge >= 0.3 is 0 Å². The Morgan fingerprint density at radius 1 is 1.00 bits per heavy atom. The van der Waals surface area contributed by atoms with Gasteiger partial charge < -0.3 is 9.73 Å². The first-order valence-corrected chi connectivity index (χ1v) is 12.0. The SMILES string of the molecule is C/C(=N\NC(=O)C1CC1c1ccc(C(C)(C)C)cc1)c1ccc(NC(=O)c2ccc(Br)o2)cc1. The molecule has 1 aliphatic rings. The molecule has 0 bridgehead atoms. The Labute approximate surface area is 208 Å². The van der Waals surface area contributed by atoms with Crippen molar-refractivity contribution in [1.29, 1.82) is 0 Å². The number of amides is 2. The van der Waals surface area contributed by atoms with Crippen LogP contribution < -0.4 is 10.7 Å². The van der Waals surface area contributed by atoms with Crippen molar-refractivity contribution in [2.24, 2.45) is 11.0 Å². The van der Waals surface area contributed by atoms with Gasteiger partial charge in [0.15, 0.2) is 10.4 Å². The first-order valence-electron chi connectivity index (χ1n) is 11.2. The molecule has 6 nitrogen and oxygen atoms in total. The van der Waals surface area contributed by atoms with Crippen LogP contribution >= 0.6 is 15.9 Å². The third-order valence-electron chi connectivity index (χ3n) is 6.02. The standard InChI is InChI=1S/C27H28BrN3O3/c1-16(17-7-11-20(12-8-17)29-26(33)23-13-14-24(28)34-23)30-31-25(32)22-15-21(22)18-5-9-19(10-6-18)27(2,3)4/h5-14,21-22H,15H2,1-4H3,(H,29,33)(H,31,32)/b30-16+. The Kier molecular flexibility index (Phi) is 6.75. The zero-order chi connectivity index (χ0) is 24.5. The van der Waals surface area contributed by atoms with Crippen LogP contribution in [0.4, 0.5) is 5.69 Å². The predicted octanol–water partition coefficient (Wildman–Crippen LogP) is 6.24. The second kappa shape index (κ2) is 9.58. The minimum Gasteiger partial charge on any atom is -0.444 e. The minimum absolute atomic E-state index is 0.0451. The highest BCUT2D eigenvalue weighted by Gasteiger charge is 2.44. The maximum Gasteiger partial charge on any atom is 0.291 e. The number of hydrogen-bond acceptors (Lipinski definition) is 4. The molecule has 2 amide bonds. The molecule has 3 aromatic rings. The predicted molar refractivity (Wildman–Crippen MR) is 137 cm³/mol. The van der Waals surface area contributed by atoms with Crippen LogP contribution in [-0.4, -0.2) is 17.5 Å². The first-order chi connectivity index (χ1) is 16.1. The molecule has 2 unspecified atom stereocenters. The number of hydrazone groups is 1. The van der Waals surface area contributed by atoms with Crippen molar-refractivity contribution in [1.82, 2.24) is 5.43 Å². The van der Waals surface area contributed by atoms with Crippen molar-refractivity contribution in [3.63, 3.8) is 0 Å². The first kappa shape index (κ1) is 24.0. The Bertz CT molecular complexity index is 1220. The molecule has 2 aromatic carbocycles. The van der Waals surface area contributed by atoms with Crippen LogP contribution in [0.3, 0.4) is 0 Å². The molecule has 176 valence electrons. The quantitative estimate of drug-likeness (QED) is 0.297. The zero-order valence-electron chi connectivity index (χ0n) is 19.7. The molecule has 2 N–H and O–H groups in total. The van der Waals surface area contributed by atoms with Crippen molar-refractivity contribution in [3.05, 3.63) is 87.8 Å². The van der Waals surface area contributed by atoms with E-state index >= 15 is 0 Å². The number of nitrogens with one attached hydrogen (secondary N) is 2. The highest BCUT2D eigenvalue weighted by Crippen LogP contribution is 2.47. The van der Waals surface area contributed by atoms with Crippen LogP contribution in [0.15, 0.2) is 74.9 Å². The van der Waals surface area contributed by atoms with Gasteiger partial charge in [-0.25, -0.2) is 5.43 Å². The van der Waals surface area contributed by atoms with E-state index in [1.165, 1.54) is 11.1 Å². The number of rotatable bonds is 6. The molecule has 0 radical (unpaired) electrons. The lowest BCUT2D eigenvalue weighted by Gasteiger charge is -2.19. The molecular weight excluding hydrogens is 494 g/mol. The monoisotopic (exact) mass is 521 g/mol. The fourth-order valence-corrected chi connectivity index (χ4v) is 4.10. The summed E-state index contributed by atoms with van der Waals surface area (Å²) in [6.45, 7) is 8.42. The molecule has 1 aromatic heterocycles. The largest absolute Gasteiger partial charge is 0.444 e. The van der Waals surface area contributed by atoms with Gasteiger partial charge in [0.1, 0.15) is 0 Å². The Morgan fingerprint density at radius 3 is 2.26 bits per heavy atom. The summed E-state index contributed by atoms with van der Waals surface area (Å²) in [5.74, 6) is 0.0410. The molecule has 1 saturated carbocycles. The average molecular weight is 522 g/mol. The van der Waals surface area contributed by atoms with Crippen molar-refractivity contribution in [2.45, 2.75) is 45.4 Å². The third-order valence-corrected chi connectivity index (χ3v) is 6.45. The van der Waals surface area contributed by atoms with Gasteiger partial charge in [-0.2, -0.15) is 5.10 Å². The maximum atomic E-state index is 12.6. The summed E-state index contributed by atoms with van der Waals surface area (Å²) in [5, 5.41) is 7.06. The van der Waals surface area contributed by atoms with Crippen LogP contribution in [0.2, 0.25) is 0 Å². The van der Waals surface area contributed by atoms with E-state index in [1.807, 2.05) is 19.1 Å². The molecule has 1 fully saturated rings. The Balaban J connectivity index is 1.31. The normalized spacial score (nSPS) is 17.9. The number of anilines is 1. The van der Waals surface area contributed by atoms with E-state index in [0.29, 0.717) is 16.1 Å². The fraction of sp³-hybridized carbons (Fsp3) is 0.296. The van der Waals surface area contributed by atoms with E-state index in [4.69, 9.17) is 4.42 Å². The van der Waals surface area contributed by atoms with Gasteiger partial charge in [-0.3, -0.25) is 9.59 Å². The van der Waals surface area contributed by atoms with Crippen molar-refractivity contribution in [3.8, 4) is 0 Å². The smallest absolute Gasteiger partial charge is 0.291 e. The van der Waals surface area contributed by atoms with E-state index in [-0.39, 0.29) is 34.8 Å². The molecule has 1 aliphatic carbocycles. The lowest BCUT2D eigenvalue weighted by atomic mass is 9.86. The highest BCUT2D eigenvalue weighted by atomic mass is 79.9. The number of nitrogens with zero attached hydrogens (tertiary/aromatic N) is 1.